The predicted octanol–water partition coefficient (Wildman–Crippen LogP) is 3.36. The van der Waals surface area contributed by atoms with Crippen molar-refractivity contribution in [3.8, 4) is 0 Å². The van der Waals surface area contributed by atoms with E-state index in [1.807, 2.05) is 0 Å². The number of hydrogen-bond donors (Lipinski definition) is 0. The van der Waals surface area contributed by atoms with Gasteiger partial charge in [0.05, 0.1) is 6.04 Å². The third-order valence-electron chi connectivity index (χ3n) is 2.98. The summed E-state index contributed by atoms with van der Waals surface area (Å²) >= 11 is 0. The lowest BCUT2D eigenvalue weighted by Crippen LogP contribution is -2.33. The van der Waals surface area contributed by atoms with Crippen molar-refractivity contribution in [2.75, 3.05) is 0 Å². The summed E-state index contributed by atoms with van der Waals surface area (Å²) in [6.45, 7) is 6.63. The summed E-state index contributed by atoms with van der Waals surface area (Å²) in [5.41, 5.74) is 0.249. The van der Waals surface area contributed by atoms with Gasteiger partial charge in [0.1, 0.15) is 0 Å². The molecule has 0 saturated heterocycles. The Kier molecular flexibility index (Phi) is 2.86. The largest absolute Gasteiger partial charge is 0.151 e. The first-order chi connectivity index (χ1) is 5.55. The summed E-state index contributed by atoms with van der Waals surface area (Å²) in [6, 6.07) is 0.0822. The lowest BCUT2D eigenvalue weighted by atomic mass is 9.70. The Morgan fingerprint density at radius 3 is 2.17 bits per heavy atom. The van der Waals surface area contributed by atoms with Gasteiger partial charge in [-0.1, -0.05) is 38.8 Å². The summed E-state index contributed by atoms with van der Waals surface area (Å²) in [5, 5.41) is 3.25. The summed E-state index contributed by atoms with van der Waals surface area (Å²) in [5.74, 6) is 0.503. The van der Waals surface area contributed by atoms with Gasteiger partial charge in [-0.05, 0) is 24.2 Å². The molecule has 70 valence electrons. The van der Waals surface area contributed by atoms with Crippen molar-refractivity contribution >= 4 is 0 Å². The Labute approximate surface area is 74.7 Å². The Morgan fingerprint density at radius 1 is 1.17 bits per heavy atom. The SMILES string of the molecule is CC(C)(C)C1CCCCC1N=O. The monoisotopic (exact) mass is 169 g/mol. The van der Waals surface area contributed by atoms with Crippen LogP contribution in [0, 0.1) is 16.2 Å². The third-order valence-corrected chi connectivity index (χ3v) is 2.98. The van der Waals surface area contributed by atoms with Gasteiger partial charge in [0.2, 0.25) is 0 Å². The van der Waals surface area contributed by atoms with Crippen LogP contribution in [0.3, 0.4) is 0 Å². The van der Waals surface area contributed by atoms with Crippen LogP contribution in [0.15, 0.2) is 5.18 Å². The average molecular weight is 169 g/mol. The molecular formula is C10H19NO. The van der Waals surface area contributed by atoms with Gasteiger partial charge < -0.3 is 0 Å². The van der Waals surface area contributed by atoms with Crippen molar-refractivity contribution in [1.29, 1.82) is 0 Å². The zero-order valence-electron chi connectivity index (χ0n) is 8.34. The quantitative estimate of drug-likeness (QED) is 0.553. The third kappa shape index (κ3) is 2.05. The molecule has 0 N–H and O–H groups in total. The van der Waals surface area contributed by atoms with E-state index in [1.165, 1.54) is 19.3 Å². The van der Waals surface area contributed by atoms with Crippen molar-refractivity contribution < 1.29 is 0 Å². The molecule has 2 heteroatoms. The van der Waals surface area contributed by atoms with Crippen LogP contribution in [0.4, 0.5) is 0 Å². The Hall–Kier alpha value is -0.400. The van der Waals surface area contributed by atoms with E-state index in [4.69, 9.17) is 0 Å². The summed E-state index contributed by atoms with van der Waals surface area (Å²) in [4.78, 5) is 10.6. The van der Waals surface area contributed by atoms with E-state index in [9.17, 15) is 4.91 Å². The highest BCUT2D eigenvalue weighted by Crippen LogP contribution is 2.39. The van der Waals surface area contributed by atoms with E-state index in [1.54, 1.807) is 0 Å². The van der Waals surface area contributed by atoms with Crippen molar-refractivity contribution in [3.63, 3.8) is 0 Å². The van der Waals surface area contributed by atoms with Crippen LogP contribution < -0.4 is 0 Å². The van der Waals surface area contributed by atoms with E-state index in [0.717, 1.165) is 6.42 Å². The Balaban J connectivity index is 2.65. The van der Waals surface area contributed by atoms with Crippen molar-refractivity contribution in [1.82, 2.24) is 0 Å². The standard InChI is InChI=1S/C10H19NO/c1-10(2,3)8-6-4-5-7-9(8)11-12/h8-9H,4-7H2,1-3H3. The van der Waals surface area contributed by atoms with E-state index in [2.05, 4.69) is 25.9 Å². The fraction of sp³-hybridized carbons (Fsp3) is 1.00. The molecule has 1 aliphatic rings. The minimum Gasteiger partial charge on any atom is -0.151 e. The first-order valence-electron chi connectivity index (χ1n) is 4.88. The second-order valence-corrected chi connectivity index (χ2v) is 4.93. The molecule has 12 heavy (non-hydrogen) atoms. The molecule has 1 aliphatic carbocycles. The molecule has 0 bridgehead atoms. The molecule has 0 aromatic rings. The molecule has 0 heterocycles. The summed E-state index contributed by atoms with van der Waals surface area (Å²) in [6.07, 6.45) is 4.64. The van der Waals surface area contributed by atoms with Crippen LogP contribution in [0.5, 0.6) is 0 Å². The molecule has 0 amide bonds. The normalized spacial score (nSPS) is 31.6. The van der Waals surface area contributed by atoms with Gasteiger partial charge in [-0.3, -0.25) is 0 Å². The van der Waals surface area contributed by atoms with E-state index in [0.29, 0.717) is 5.92 Å². The molecule has 0 radical (unpaired) electrons. The highest BCUT2D eigenvalue weighted by Gasteiger charge is 2.34. The fourth-order valence-electron chi connectivity index (χ4n) is 2.25. The van der Waals surface area contributed by atoms with E-state index < -0.39 is 0 Å². The lowest BCUT2D eigenvalue weighted by molar-refractivity contribution is 0.153. The maximum absolute atomic E-state index is 10.6. The van der Waals surface area contributed by atoms with Crippen LogP contribution in [-0.2, 0) is 0 Å². The lowest BCUT2D eigenvalue weighted by Gasteiger charge is -2.36. The van der Waals surface area contributed by atoms with Gasteiger partial charge in [0.15, 0.2) is 0 Å². The van der Waals surface area contributed by atoms with Crippen molar-refractivity contribution in [3.05, 3.63) is 4.91 Å². The van der Waals surface area contributed by atoms with Crippen LogP contribution in [0.1, 0.15) is 46.5 Å². The zero-order chi connectivity index (χ0) is 9.19. The van der Waals surface area contributed by atoms with E-state index >= 15 is 0 Å². The number of nitroso groups, excluding NO2 is 1. The number of nitrogens with zero attached hydrogens (tertiary/aromatic N) is 1. The maximum Gasteiger partial charge on any atom is 0.0952 e. The summed E-state index contributed by atoms with van der Waals surface area (Å²) < 4.78 is 0. The van der Waals surface area contributed by atoms with Crippen LogP contribution >= 0.6 is 0 Å². The number of hydrogen-bond acceptors (Lipinski definition) is 2. The molecule has 0 aromatic heterocycles. The van der Waals surface area contributed by atoms with Gasteiger partial charge in [-0.15, -0.1) is 0 Å². The molecule has 2 nitrogen and oxygen atoms in total. The number of rotatable bonds is 1. The van der Waals surface area contributed by atoms with Gasteiger partial charge in [-0.25, -0.2) is 0 Å². The Bertz CT molecular complexity index is 160. The highest BCUT2D eigenvalue weighted by molar-refractivity contribution is 4.87. The van der Waals surface area contributed by atoms with Crippen LogP contribution in [0.25, 0.3) is 0 Å². The van der Waals surface area contributed by atoms with Gasteiger partial charge in [0, 0.05) is 0 Å². The molecule has 0 aromatic carbocycles. The second-order valence-electron chi connectivity index (χ2n) is 4.93. The molecule has 0 spiro atoms. The van der Waals surface area contributed by atoms with Gasteiger partial charge >= 0.3 is 0 Å². The maximum atomic E-state index is 10.6. The highest BCUT2D eigenvalue weighted by atomic mass is 16.3. The fourth-order valence-corrected chi connectivity index (χ4v) is 2.25. The average Bonchev–Trinajstić information content (AvgIpc) is 2.03. The first kappa shape index (κ1) is 9.69. The Morgan fingerprint density at radius 2 is 1.75 bits per heavy atom. The topological polar surface area (TPSA) is 29.4 Å². The second kappa shape index (κ2) is 3.55. The first-order valence-corrected chi connectivity index (χ1v) is 4.88. The molecular weight excluding hydrogens is 150 g/mol. The molecule has 1 saturated carbocycles. The van der Waals surface area contributed by atoms with Crippen LogP contribution in [0.2, 0.25) is 0 Å². The van der Waals surface area contributed by atoms with Crippen molar-refractivity contribution in [2.45, 2.75) is 52.5 Å². The molecule has 2 unspecified atom stereocenters. The molecule has 1 fully saturated rings. The summed E-state index contributed by atoms with van der Waals surface area (Å²) in [7, 11) is 0. The predicted molar refractivity (Wildman–Crippen MR) is 51.0 cm³/mol. The minimum absolute atomic E-state index is 0.0822. The van der Waals surface area contributed by atoms with Crippen molar-refractivity contribution in [2.24, 2.45) is 16.5 Å². The molecule has 1 rings (SSSR count). The zero-order valence-corrected chi connectivity index (χ0v) is 8.34. The van der Waals surface area contributed by atoms with Crippen LogP contribution in [-0.4, -0.2) is 6.04 Å². The minimum atomic E-state index is 0.0822. The molecule has 0 aliphatic heterocycles. The van der Waals surface area contributed by atoms with E-state index in [-0.39, 0.29) is 11.5 Å². The smallest absolute Gasteiger partial charge is 0.0952 e. The van der Waals surface area contributed by atoms with Gasteiger partial charge in [0.25, 0.3) is 0 Å². The molecule has 2 atom stereocenters. The van der Waals surface area contributed by atoms with Gasteiger partial charge in [-0.2, -0.15) is 4.91 Å².